The minimum absolute atomic E-state index is 0.319. The summed E-state index contributed by atoms with van der Waals surface area (Å²) in [5, 5.41) is 0. The fourth-order valence-electron chi connectivity index (χ4n) is 1.31. The number of benzene rings is 1. The van der Waals surface area contributed by atoms with E-state index < -0.39 is 0 Å². The van der Waals surface area contributed by atoms with E-state index in [0.717, 1.165) is 17.6 Å². The van der Waals surface area contributed by atoms with Gasteiger partial charge in [-0.1, -0.05) is 6.07 Å². The van der Waals surface area contributed by atoms with Crippen molar-refractivity contribution in [3.8, 4) is 11.5 Å². The van der Waals surface area contributed by atoms with Crippen LogP contribution < -0.4 is 9.47 Å². The molecule has 3 nitrogen and oxygen atoms in total. The normalized spacial score (nSPS) is 9.57. The Morgan fingerprint density at radius 1 is 1.36 bits per heavy atom. The van der Waals surface area contributed by atoms with Crippen LogP contribution in [0.4, 0.5) is 0 Å². The monoisotopic (exact) mass is 194 g/mol. The van der Waals surface area contributed by atoms with Gasteiger partial charge in [0.25, 0.3) is 0 Å². The number of rotatable bonds is 5. The molecule has 0 aliphatic heterocycles. The fourth-order valence-corrected chi connectivity index (χ4v) is 1.31. The fraction of sp³-hybridized carbons (Fsp3) is 0.364. The van der Waals surface area contributed by atoms with E-state index in [4.69, 9.17) is 9.47 Å². The lowest BCUT2D eigenvalue weighted by Gasteiger charge is -2.11. The minimum atomic E-state index is 0.319. The van der Waals surface area contributed by atoms with E-state index in [2.05, 4.69) is 0 Å². The summed E-state index contributed by atoms with van der Waals surface area (Å²) < 4.78 is 10.5. The van der Waals surface area contributed by atoms with Crippen molar-refractivity contribution in [1.29, 1.82) is 0 Å². The highest BCUT2D eigenvalue weighted by Gasteiger charge is 2.08. The van der Waals surface area contributed by atoms with E-state index in [1.54, 1.807) is 7.11 Å². The largest absolute Gasteiger partial charge is 0.496 e. The van der Waals surface area contributed by atoms with E-state index in [0.29, 0.717) is 18.8 Å². The lowest BCUT2D eigenvalue weighted by Crippen LogP contribution is -2.00. The van der Waals surface area contributed by atoms with Gasteiger partial charge in [-0.15, -0.1) is 0 Å². The van der Waals surface area contributed by atoms with Crippen LogP contribution in [0, 0.1) is 0 Å². The summed E-state index contributed by atoms with van der Waals surface area (Å²) >= 11 is 0. The molecule has 0 heterocycles. The summed E-state index contributed by atoms with van der Waals surface area (Å²) in [6, 6.07) is 5.50. The molecule has 0 N–H and O–H groups in total. The molecule has 0 unspecified atom stereocenters. The molecule has 0 saturated heterocycles. The smallest absolute Gasteiger partial charge is 0.126 e. The van der Waals surface area contributed by atoms with Gasteiger partial charge in [0.05, 0.1) is 13.7 Å². The molecule has 1 rings (SSSR count). The molecule has 0 aliphatic carbocycles. The predicted octanol–water partition coefficient (Wildman–Crippen LogP) is 1.84. The number of hydrogen-bond acceptors (Lipinski definition) is 3. The van der Waals surface area contributed by atoms with Crippen LogP contribution in [0.5, 0.6) is 11.5 Å². The molecule has 0 saturated carbocycles. The number of methoxy groups -OCH3 is 1. The maximum absolute atomic E-state index is 10.5. The second-order valence-electron chi connectivity index (χ2n) is 2.74. The standard InChI is InChI=1S/C11H14O3/c1-3-14-11-6-4-5-10(13-2)9(11)7-8-12/h4-6,8H,3,7H2,1-2H3. The first-order valence-corrected chi connectivity index (χ1v) is 4.55. The summed E-state index contributed by atoms with van der Waals surface area (Å²) in [5.74, 6) is 1.42. The molecule has 14 heavy (non-hydrogen) atoms. The Balaban J connectivity index is 3.06. The SMILES string of the molecule is CCOc1cccc(OC)c1CC=O. The quantitative estimate of drug-likeness (QED) is 0.671. The topological polar surface area (TPSA) is 35.5 Å². The molecule has 1 aromatic rings. The minimum Gasteiger partial charge on any atom is -0.496 e. The highest BCUT2D eigenvalue weighted by molar-refractivity contribution is 5.61. The summed E-state index contributed by atoms with van der Waals surface area (Å²) in [7, 11) is 1.58. The molecule has 3 heteroatoms. The summed E-state index contributed by atoms with van der Waals surface area (Å²) in [6.07, 6.45) is 1.17. The van der Waals surface area contributed by atoms with E-state index in [1.165, 1.54) is 0 Å². The van der Waals surface area contributed by atoms with Crippen molar-refractivity contribution < 1.29 is 14.3 Å². The Morgan fingerprint density at radius 2 is 2.07 bits per heavy atom. The Hall–Kier alpha value is -1.51. The van der Waals surface area contributed by atoms with Crippen LogP contribution in [0.3, 0.4) is 0 Å². The van der Waals surface area contributed by atoms with E-state index in [-0.39, 0.29) is 0 Å². The maximum Gasteiger partial charge on any atom is 0.126 e. The first-order valence-electron chi connectivity index (χ1n) is 4.55. The van der Waals surface area contributed by atoms with Crippen LogP contribution in [-0.4, -0.2) is 20.0 Å². The second-order valence-corrected chi connectivity index (χ2v) is 2.74. The molecule has 0 fully saturated rings. The molecule has 76 valence electrons. The summed E-state index contributed by atoms with van der Waals surface area (Å²) in [4.78, 5) is 10.5. The zero-order valence-electron chi connectivity index (χ0n) is 8.45. The number of hydrogen-bond donors (Lipinski definition) is 0. The Kier molecular flexibility index (Phi) is 3.98. The lowest BCUT2D eigenvalue weighted by molar-refractivity contribution is -0.107. The van der Waals surface area contributed by atoms with E-state index >= 15 is 0 Å². The van der Waals surface area contributed by atoms with Crippen LogP contribution >= 0.6 is 0 Å². The zero-order chi connectivity index (χ0) is 10.4. The molecule has 0 radical (unpaired) electrons. The maximum atomic E-state index is 10.5. The van der Waals surface area contributed by atoms with E-state index in [1.807, 2.05) is 25.1 Å². The van der Waals surface area contributed by atoms with Crippen molar-refractivity contribution in [2.45, 2.75) is 13.3 Å². The van der Waals surface area contributed by atoms with Crippen molar-refractivity contribution in [3.63, 3.8) is 0 Å². The number of aldehydes is 1. The van der Waals surface area contributed by atoms with Crippen molar-refractivity contribution in [1.82, 2.24) is 0 Å². The van der Waals surface area contributed by atoms with Gasteiger partial charge in [-0.3, -0.25) is 0 Å². The van der Waals surface area contributed by atoms with Gasteiger partial charge in [0, 0.05) is 12.0 Å². The van der Waals surface area contributed by atoms with Gasteiger partial charge in [-0.25, -0.2) is 0 Å². The third kappa shape index (κ3) is 2.25. The Morgan fingerprint density at radius 3 is 2.64 bits per heavy atom. The van der Waals surface area contributed by atoms with Gasteiger partial charge in [0.2, 0.25) is 0 Å². The van der Waals surface area contributed by atoms with Gasteiger partial charge in [0.1, 0.15) is 17.8 Å². The second kappa shape index (κ2) is 5.27. The van der Waals surface area contributed by atoms with Gasteiger partial charge < -0.3 is 14.3 Å². The Labute approximate surface area is 83.6 Å². The average Bonchev–Trinajstić information content (AvgIpc) is 2.21. The van der Waals surface area contributed by atoms with Crippen LogP contribution in [0.1, 0.15) is 12.5 Å². The summed E-state index contributed by atoms with van der Waals surface area (Å²) in [6.45, 7) is 2.49. The highest BCUT2D eigenvalue weighted by atomic mass is 16.5. The molecule has 0 aliphatic rings. The average molecular weight is 194 g/mol. The third-order valence-corrected chi connectivity index (χ3v) is 1.90. The molecule has 0 spiro atoms. The molecule has 1 aromatic carbocycles. The third-order valence-electron chi connectivity index (χ3n) is 1.90. The van der Waals surface area contributed by atoms with Crippen LogP contribution in [0.25, 0.3) is 0 Å². The number of ether oxygens (including phenoxy) is 2. The van der Waals surface area contributed by atoms with Crippen molar-refractivity contribution in [3.05, 3.63) is 23.8 Å². The molecule has 0 amide bonds. The number of carbonyl (C=O) groups excluding carboxylic acids is 1. The molecule has 0 aromatic heterocycles. The zero-order valence-corrected chi connectivity index (χ0v) is 8.45. The predicted molar refractivity (Wildman–Crippen MR) is 53.9 cm³/mol. The first-order chi connectivity index (χ1) is 6.83. The molecular formula is C11H14O3. The molecule has 0 atom stereocenters. The van der Waals surface area contributed by atoms with Gasteiger partial charge in [-0.2, -0.15) is 0 Å². The first kappa shape index (κ1) is 10.6. The lowest BCUT2D eigenvalue weighted by atomic mass is 10.1. The molecule has 0 bridgehead atoms. The number of carbonyl (C=O) groups is 1. The highest BCUT2D eigenvalue weighted by Crippen LogP contribution is 2.28. The van der Waals surface area contributed by atoms with Gasteiger partial charge in [-0.05, 0) is 19.1 Å². The van der Waals surface area contributed by atoms with Crippen molar-refractivity contribution in [2.24, 2.45) is 0 Å². The van der Waals surface area contributed by atoms with E-state index in [9.17, 15) is 4.79 Å². The summed E-state index contributed by atoms with van der Waals surface area (Å²) in [5.41, 5.74) is 0.812. The molecular weight excluding hydrogens is 180 g/mol. The van der Waals surface area contributed by atoms with Crippen LogP contribution in [0.2, 0.25) is 0 Å². The van der Waals surface area contributed by atoms with Crippen molar-refractivity contribution >= 4 is 6.29 Å². The van der Waals surface area contributed by atoms with Gasteiger partial charge in [0.15, 0.2) is 0 Å². The van der Waals surface area contributed by atoms with Crippen LogP contribution in [0.15, 0.2) is 18.2 Å². The Bertz CT molecular complexity index is 307. The van der Waals surface area contributed by atoms with Gasteiger partial charge >= 0.3 is 0 Å². The van der Waals surface area contributed by atoms with Crippen molar-refractivity contribution in [2.75, 3.05) is 13.7 Å². The van der Waals surface area contributed by atoms with Crippen LogP contribution in [-0.2, 0) is 11.2 Å².